The van der Waals surface area contributed by atoms with E-state index in [1.165, 1.54) is 0 Å². The van der Waals surface area contributed by atoms with Crippen LogP contribution in [0.1, 0.15) is 19.5 Å². The summed E-state index contributed by atoms with van der Waals surface area (Å²) in [4.78, 5) is 10.1. The third kappa shape index (κ3) is 2.15. The average Bonchev–Trinajstić information content (AvgIpc) is 2.16. The van der Waals surface area contributed by atoms with Crippen LogP contribution < -0.4 is 4.90 Å². The predicted octanol–water partition coefficient (Wildman–Crippen LogP) is 1.19. The maximum atomic E-state index is 8.62. The molecule has 0 N–H and O–H groups in total. The standard InChI is InChI=1S/C9H12N4/c1-7(2)13(3)9-11-5-4-8(6-10)12-9/h4-5,7H,1-3H3. The predicted molar refractivity (Wildman–Crippen MR) is 50.3 cm³/mol. The zero-order valence-corrected chi connectivity index (χ0v) is 8.02. The molecule has 4 nitrogen and oxygen atoms in total. The maximum Gasteiger partial charge on any atom is 0.226 e. The molecule has 0 aliphatic heterocycles. The highest BCUT2D eigenvalue weighted by atomic mass is 15.2. The molecule has 0 fully saturated rings. The van der Waals surface area contributed by atoms with Gasteiger partial charge in [-0.3, -0.25) is 0 Å². The Morgan fingerprint density at radius 3 is 2.77 bits per heavy atom. The molecular weight excluding hydrogens is 164 g/mol. The van der Waals surface area contributed by atoms with E-state index >= 15 is 0 Å². The molecule has 0 aliphatic carbocycles. The van der Waals surface area contributed by atoms with Crippen LogP contribution in [0, 0.1) is 11.3 Å². The van der Waals surface area contributed by atoms with Gasteiger partial charge in [0.15, 0.2) is 0 Å². The third-order valence-corrected chi connectivity index (χ3v) is 1.85. The van der Waals surface area contributed by atoms with Gasteiger partial charge in [0, 0.05) is 19.3 Å². The number of hydrogen-bond donors (Lipinski definition) is 0. The number of rotatable bonds is 2. The van der Waals surface area contributed by atoms with Gasteiger partial charge in [-0.2, -0.15) is 5.26 Å². The Labute approximate surface area is 77.8 Å². The van der Waals surface area contributed by atoms with E-state index in [0.29, 0.717) is 17.7 Å². The molecule has 1 rings (SSSR count). The Hall–Kier alpha value is -1.63. The Morgan fingerprint density at radius 1 is 1.54 bits per heavy atom. The fourth-order valence-corrected chi connectivity index (χ4v) is 0.812. The normalized spacial score (nSPS) is 9.77. The Bertz CT molecular complexity index is 327. The van der Waals surface area contributed by atoms with Crippen molar-refractivity contribution in [3.05, 3.63) is 18.0 Å². The van der Waals surface area contributed by atoms with E-state index in [9.17, 15) is 0 Å². The van der Waals surface area contributed by atoms with Crippen molar-refractivity contribution >= 4 is 5.95 Å². The topological polar surface area (TPSA) is 52.8 Å². The van der Waals surface area contributed by atoms with Crippen LogP contribution >= 0.6 is 0 Å². The molecule has 0 bridgehead atoms. The van der Waals surface area contributed by atoms with Gasteiger partial charge >= 0.3 is 0 Å². The molecule has 1 heterocycles. The van der Waals surface area contributed by atoms with E-state index in [1.807, 2.05) is 31.9 Å². The summed E-state index contributed by atoms with van der Waals surface area (Å²) >= 11 is 0. The number of nitrogens with zero attached hydrogens (tertiary/aromatic N) is 4. The molecule has 4 heteroatoms. The summed E-state index contributed by atoms with van der Waals surface area (Å²) in [6, 6.07) is 3.91. The summed E-state index contributed by atoms with van der Waals surface area (Å²) in [5.41, 5.74) is 0.400. The summed E-state index contributed by atoms with van der Waals surface area (Å²) in [5.74, 6) is 0.592. The fraction of sp³-hybridized carbons (Fsp3) is 0.444. The van der Waals surface area contributed by atoms with E-state index in [2.05, 4.69) is 9.97 Å². The van der Waals surface area contributed by atoms with Crippen LogP contribution in [0.15, 0.2) is 12.3 Å². The lowest BCUT2D eigenvalue weighted by molar-refractivity contribution is 0.728. The molecule has 0 saturated heterocycles. The van der Waals surface area contributed by atoms with Gasteiger partial charge in [0.2, 0.25) is 5.95 Å². The van der Waals surface area contributed by atoms with Crippen molar-refractivity contribution in [3.8, 4) is 6.07 Å². The van der Waals surface area contributed by atoms with Gasteiger partial charge in [-0.25, -0.2) is 9.97 Å². The molecule has 0 spiro atoms. The first kappa shape index (κ1) is 9.46. The molecule has 1 aromatic rings. The van der Waals surface area contributed by atoms with Crippen molar-refractivity contribution in [3.63, 3.8) is 0 Å². The van der Waals surface area contributed by atoms with Crippen molar-refractivity contribution in [1.82, 2.24) is 9.97 Å². The average molecular weight is 176 g/mol. The van der Waals surface area contributed by atoms with Crippen molar-refractivity contribution in [2.24, 2.45) is 0 Å². The first-order valence-electron chi connectivity index (χ1n) is 4.11. The molecule has 0 aliphatic rings. The van der Waals surface area contributed by atoms with Crippen molar-refractivity contribution in [1.29, 1.82) is 5.26 Å². The molecule has 0 amide bonds. The molecular formula is C9H12N4. The molecule has 68 valence electrons. The Morgan fingerprint density at radius 2 is 2.23 bits per heavy atom. The van der Waals surface area contributed by atoms with Gasteiger partial charge in [0.1, 0.15) is 11.8 Å². The summed E-state index contributed by atoms with van der Waals surface area (Å²) in [6.07, 6.45) is 1.60. The minimum Gasteiger partial charge on any atom is -0.341 e. The van der Waals surface area contributed by atoms with Gasteiger partial charge < -0.3 is 4.90 Å². The number of hydrogen-bond acceptors (Lipinski definition) is 4. The van der Waals surface area contributed by atoms with E-state index in [-0.39, 0.29) is 0 Å². The summed E-state index contributed by atoms with van der Waals surface area (Å²) < 4.78 is 0. The molecule has 1 aromatic heterocycles. The number of anilines is 1. The first-order chi connectivity index (χ1) is 6.15. The van der Waals surface area contributed by atoms with E-state index in [1.54, 1.807) is 12.3 Å². The quantitative estimate of drug-likeness (QED) is 0.679. The SMILES string of the molecule is CC(C)N(C)c1nccc(C#N)n1. The smallest absolute Gasteiger partial charge is 0.226 e. The van der Waals surface area contributed by atoms with E-state index in [0.717, 1.165) is 0 Å². The number of nitriles is 1. The second kappa shape index (κ2) is 3.85. The highest BCUT2D eigenvalue weighted by Gasteiger charge is 2.07. The molecule has 13 heavy (non-hydrogen) atoms. The highest BCUT2D eigenvalue weighted by molar-refractivity contribution is 5.33. The van der Waals surface area contributed by atoms with Crippen LogP contribution in [-0.4, -0.2) is 23.1 Å². The van der Waals surface area contributed by atoms with Crippen molar-refractivity contribution in [2.75, 3.05) is 11.9 Å². The van der Waals surface area contributed by atoms with Crippen LogP contribution in [0.4, 0.5) is 5.95 Å². The summed E-state index contributed by atoms with van der Waals surface area (Å²) in [6.45, 7) is 4.09. The van der Waals surface area contributed by atoms with Crippen LogP contribution in [0.3, 0.4) is 0 Å². The first-order valence-corrected chi connectivity index (χ1v) is 4.11. The van der Waals surface area contributed by atoms with Gasteiger partial charge in [0.05, 0.1) is 0 Å². The zero-order valence-electron chi connectivity index (χ0n) is 8.02. The maximum absolute atomic E-state index is 8.62. The minimum absolute atomic E-state index is 0.328. The van der Waals surface area contributed by atoms with E-state index < -0.39 is 0 Å². The van der Waals surface area contributed by atoms with Crippen LogP contribution in [0.25, 0.3) is 0 Å². The largest absolute Gasteiger partial charge is 0.341 e. The van der Waals surface area contributed by atoms with Crippen molar-refractivity contribution < 1.29 is 0 Å². The molecule has 0 atom stereocenters. The second-order valence-electron chi connectivity index (χ2n) is 3.06. The third-order valence-electron chi connectivity index (χ3n) is 1.85. The Kier molecular flexibility index (Phi) is 2.80. The summed E-state index contributed by atoms with van der Waals surface area (Å²) in [7, 11) is 1.90. The van der Waals surface area contributed by atoms with Gasteiger partial charge in [-0.05, 0) is 19.9 Å². The van der Waals surface area contributed by atoms with Crippen LogP contribution in [0.2, 0.25) is 0 Å². The monoisotopic (exact) mass is 176 g/mol. The van der Waals surface area contributed by atoms with Gasteiger partial charge in [0.25, 0.3) is 0 Å². The lowest BCUT2D eigenvalue weighted by Gasteiger charge is -2.20. The molecule has 0 saturated carbocycles. The highest BCUT2D eigenvalue weighted by Crippen LogP contribution is 2.07. The van der Waals surface area contributed by atoms with Crippen LogP contribution in [0.5, 0.6) is 0 Å². The molecule has 0 radical (unpaired) electrons. The minimum atomic E-state index is 0.328. The molecule has 0 unspecified atom stereocenters. The lowest BCUT2D eigenvalue weighted by Crippen LogP contribution is -2.27. The zero-order chi connectivity index (χ0) is 9.84. The van der Waals surface area contributed by atoms with Crippen molar-refractivity contribution in [2.45, 2.75) is 19.9 Å². The molecule has 0 aromatic carbocycles. The van der Waals surface area contributed by atoms with E-state index in [4.69, 9.17) is 5.26 Å². The van der Waals surface area contributed by atoms with Gasteiger partial charge in [-0.1, -0.05) is 0 Å². The fourth-order valence-electron chi connectivity index (χ4n) is 0.812. The second-order valence-corrected chi connectivity index (χ2v) is 3.06. The Balaban J connectivity index is 2.96. The number of aromatic nitrogens is 2. The van der Waals surface area contributed by atoms with Gasteiger partial charge in [-0.15, -0.1) is 0 Å². The lowest BCUT2D eigenvalue weighted by atomic mass is 10.3. The van der Waals surface area contributed by atoms with Crippen LogP contribution in [-0.2, 0) is 0 Å². The summed E-state index contributed by atoms with van der Waals surface area (Å²) in [5, 5.41) is 8.62.